The van der Waals surface area contributed by atoms with Gasteiger partial charge in [-0.05, 0) is 30.7 Å². The van der Waals surface area contributed by atoms with Crippen molar-refractivity contribution in [3.05, 3.63) is 22.1 Å². The van der Waals surface area contributed by atoms with Crippen LogP contribution in [0.5, 0.6) is 0 Å². The summed E-state index contributed by atoms with van der Waals surface area (Å²) in [7, 11) is 0. The summed E-state index contributed by atoms with van der Waals surface area (Å²) in [4.78, 5) is 11.7. The van der Waals surface area contributed by atoms with Crippen LogP contribution < -0.4 is 0 Å². The third-order valence-electron chi connectivity index (χ3n) is 1.56. The fourth-order valence-electron chi connectivity index (χ4n) is 0.793. The van der Waals surface area contributed by atoms with Gasteiger partial charge < -0.3 is 0 Å². The molecule has 0 atom stereocenters. The molecule has 1 nitrogen and oxygen atoms in total. The van der Waals surface area contributed by atoms with Crippen LogP contribution >= 0.6 is 23.4 Å². The van der Waals surface area contributed by atoms with E-state index < -0.39 is 0 Å². The highest BCUT2D eigenvalue weighted by atomic mass is 35.5. The minimum Gasteiger partial charge on any atom is -0.295 e. The Morgan fingerprint density at radius 2 is 1.79 bits per heavy atom. The molecule has 14 heavy (non-hydrogen) atoms. The molecule has 0 unspecified atom stereocenters. The van der Waals surface area contributed by atoms with Crippen molar-refractivity contribution in [3.8, 4) is 0 Å². The lowest BCUT2D eigenvalue weighted by Crippen LogP contribution is -2.06. The molecule has 0 aliphatic carbocycles. The molecule has 0 heterocycles. The van der Waals surface area contributed by atoms with E-state index in [-0.39, 0.29) is 11.2 Å². The van der Waals surface area contributed by atoms with Gasteiger partial charge in [-0.3, -0.25) is 4.79 Å². The second-order valence-corrected chi connectivity index (χ2v) is 5.30. The summed E-state index contributed by atoms with van der Waals surface area (Å²) in [5.41, 5.74) is -0.0684. The van der Waals surface area contributed by atoms with Gasteiger partial charge in [-0.15, -0.1) is 11.8 Å². The quantitative estimate of drug-likeness (QED) is 0.541. The first kappa shape index (κ1) is 13.8. The van der Waals surface area contributed by atoms with Gasteiger partial charge in [0.1, 0.15) is 0 Å². The lowest BCUT2D eigenvalue weighted by Gasteiger charge is -2.19. The maximum atomic E-state index is 10.8. The summed E-state index contributed by atoms with van der Waals surface area (Å²) < 4.78 is 0. The van der Waals surface area contributed by atoms with E-state index in [2.05, 4.69) is 0 Å². The van der Waals surface area contributed by atoms with Crippen LogP contribution in [0.15, 0.2) is 22.1 Å². The van der Waals surface area contributed by atoms with Gasteiger partial charge in [-0.25, -0.2) is 0 Å². The minimum atomic E-state index is -0.0684. The van der Waals surface area contributed by atoms with Crippen molar-refractivity contribution in [1.29, 1.82) is 0 Å². The number of hydrogen-bond acceptors (Lipinski definition) is 2. The van der Waals surface area contributed by atoms with E-state index in [1.165, 1.54) is 6.92 Å². The summed E-state index contributed by atoms with van der Waals surface area (Å²) in [6.07, 6.45) is 5.27. The van der Waals surface area contributed by atoms with Crippen molar-refractivity contribution < 1.29 is 4.79 Å². The van der Waals surface area contributed by atoms with Crippen molar-refractivity contribution in [2.75, 3.05) is 6.26 Å². The van der Waals surface area contributed by atoms with Crippen LogP contribution in [0.1, 0.15) is 27.7 Å². The van der Waals surface area contributed by atoms with E-state index in [1.54, 1.807) is 23.9 Å². The zero-order valence-corrected chi connectivity index (χ0v) is 10.9. The first-order valence-corrected chi connectivity index (χ1v) is 6.02. The minimum absolute atomic E-state index is 0.0370. The van der Waals surface area contributed by atoms with E-state index in [4.69, 9.17) is 11.6 Å². The molecule has 0 saturated heterocycles. The molecule has 0 radical (unpaired) electrons. The average Bonchev–Trinajstić information content (AvgIpc) is 2.03. The van der Waals surface area contributed by atoms with Crippen molar-refractivity contribution in [3.63, 3.8) is 0 Å². The van der Waals surface area contributed by atoms with Crippen molar-refractivity contribution in [1.82, 2.24) is 0 Å². The van der Waals surface area contributed by atoms with Crippen molar-refractivity contribution >= 4 is 29.1 Å². The lowest BCUT2D eigenvalue weighted by molar-refractivity contribution is -0.112. The second kappa shape index (κ2) is 5.62. The number of rotatable bonds is 3. The van der Waals surface area contributed by atoms with Crippen LogP contribution in [-0.2, 0) is 4.79 Å². The molecule has 80 valence electrons. The van der Waals surface area contributed by atoms with E-state index >= 15 is 0 Å². The molecule has 0 fully saturated rings. The summed E-state index contributed by atoms with van der Waals surface area (Å²) in [5, 5.41) is 0.794. The third kappa shape index (κ3) is 4.87. The van der Waals surface area contributed by atoms with Gasteiger partial charge in [0.2, 0.25) is 0 Å². The number of halogens is 1. The number of hydrogen-bond donors (Lipinski definition) is 0. The topological polar surface area (TPSA) is 17.1 Å². The van der Waals surface area contributed by atoms with Gasteiger partial charge in [0, 0.05) is 9.94 Å². The first-order chi connectivity index (χ1) is 6.29. The standard InChI is InChI=1S/C11H17ClOS/c1-8(13)6-7-9(14-5)10(12)11(2,3)4/h6-7H,1-5H3/b7-6+,10-9+. The smallest absolute Gasteiger partial charge is 0.152 e. The van der Waals surface area contributed by atoms with Crippen LogP contribution in [0.25, 0.3) is 0 Å². The van der Waals surface area contributed by atoms with E-state index in [0.29, 0.717) is 0 Å². The Kier molecular flexibility index (Phi) is 5.53. The molecule has 0 aromatic heterocycles. The SMILES string of the molecule is CSC(/C=C/C(C)=O)=C(/Cl)C(C)(C)C. The van der Waals surface area contributed by atoms with Crippen LogP contribution in [-0.4, -0.2) is 12.0 Å². The molecule has 0 spiro atoms. The Hall–Kier alpha value is -0.210. The Balaban J connectivity index is 4.96. The Labute approximate surface area is 95.6 Å². The Morgan fingerprint density at radius 1 is 1.29 bits per heavy atom. The molecule has 0 aromatic carbocycles. The number of ketones is 1. The van der Waals surface area contributed by atoms with Crippen molar-refractivity contribution in [2.45, 2.75) is 27.7 Å². The number of allylic oxidation sites excluding steroid dienone is 3. The predicted molar refractivity (Wildman–Crippen MR) is 65.7 cm³/mol. The molecule has 0 amide bonds. The fourth-order valence-corrected chi connectivity index (χ4v) is 1.78. The largest absolute Gasteiger partial charge is 0.295 e. The van der Waals surface area contributed by atoms with Gasteiger partial charge >= 0.3 is 0 Å². The molecule has 0 aliphatic rings. The molecule has 0 aromatic rings. The summed E-state index contributed by atoms with van der Waals surface area (Å²) in [6, 6.07) is 0. The van der Waals surface area contributed by atoms with Gasteiger partial charge in [0.15, 0.2) is 5.78 Å². The van der Waals surface area contributed by atoms with Gasteiger partial charge in [-0.1, -0.05) is 32.4 Å². The molecule has 0 N–H and O–H groups in total. The van der Waals surface area contributed by atoms with Crippen LogP contribution in [0, 0.1) is 5.41 Å². The molecular weight excluding hydrogens is 216 g/mol. The van der Waals surface area contributed by atoms with E-state index in [0.717, 1.165) is 9.94 Å². The number of carbonyl (C=O) groups excluding carboxylic acids is 1. The van der Waals surface area contributed by atoms with E-state index in [1.807, 2.05) is 27.0 Å². The average molecular weight is 233 g/mol. The maximum Gasteiger partial charge on any atom is 0.152 e. The van der Waals surface area contributed by atoms with Gasteiger partial charge in [-0.2, -0.15) is 0 Å². The maximum absolute atomic E-state index is 10.8. The molecule has 0 rings (SSSR count). The molecule has 0 bridgehead atoms. The van der Waals surface area contributed by atoms with Crippen LogP contribution in [0.2, 0.25) is 0 Å². The van der Waals surface area contributed by atoms with E-state index in [9.17, 15) is 4.79 Å². The highest BCUT2D eigenvalue weighted by Gasteiger charge is 2.17. The third-order valence-corrected chi connectivity index (χ3v) is 3.23. The zero-order chi connectivity index (χ0) is 11.4. The summed E-state index contributed by atoms with van der Waals surface area (Å²) >= 11 is 7.76. The molecule has 3 heteroatoms. The lowest BCUT2D eigenvalue weighted by atomic mass is 9.95. The monoisotopic (exact) mass is 232 g/mol. The highest BCUT2D eigenvalue weighted by Crippen LogP contribution is 2.35. The summed E-state index contributed by atoms with van der Waals surface area (Å²) in [5.74, 6) is 0.0370. The number of thioether (sulfide) groups is 1. The number of carbonyl (C=O) groups is 1. The molecular formula is C11H17ClOS. The highest BCUT2D eigenvalue weighted by molar-refractivity contribution is 8.02. The van der Waals surface area contributed by atoms with Crippen LogP contribution in [0.3, 0.4) is 0 Å². The normalized spacial score (nSPS) is 14.4. The Morgan fingerprint density at radius 3 is 2.07 bits per heavy atom. The van der Waals surface area contributed by atoms with Crippen molar-refractivity contribution in [2.24, 2.45) is 5.41 Å². The Bertz CT molecular complexity index is 272. The summed E-state index contributed by atoms with van der Waals surface area (Å²) in [6.45, 7) is 7.67. The van der Waals surface area contributed by atoms with Gasteiger partial charge in [0.25, 0.3) is 0 Å². The molecule has 0 saturated carbocycles. The zero-order valence-electron chi connectivity index (χ0n) is 9.35. The predicted octanol–water partition coefficient (Wildman–Crippen LogP) is 3.99. The second-order valence-electron chi connectivity index (χ2n) is 4.08. The fraction of sp³-hybridized carbons (Fsp3) is 0.545. The van der Waals surface area contributed by atoms with Crippen LogP contribution in [0.4, 0.5) is 0 Å². The van der Waals surface area contributed by atoms with Gasteiger partial charge in [0.05, 0.1) is 0 Å². The first-order valence-electron chi connectivity index (χ1n) is 4.42. The molecule has 0 aliphatic heterocycles.